The number of nitrogens with one attached hydrogen (secondary N) is 1. The largest absolute Gasteiger partial charge is 1.00 e. The number of benzene rings is 2. The average Bonchev–Trinajstić information content (AvgIpc) is 2.70. The SMILES string of the molecule is O=C(NCC1(O)CCC(COCc2ccccc2F)CC1)c1ccc(O)cc1.[H-].[Na+]. The van der Waals surface area contributed by atoms with Gasteiger partial charge in [-0.15, -0.1) is 0 Å². The van der Waals surface area contributed by atoms with Gasteiger partial charge in [0.05, 0.1) is 12.2 Å². The molecule has 0 aliphatic heterocycles. The number of hydrogen-bond donors (Lipinski definition) is 3. The molecular formula is C22H27FNNaO4. The molecular weight excluding hydrogens is 384 g/mol. The third-order valence-electron chi connectivity index (χ3n) is 5.31. The van der Waals surface area contributed by atoms with Crippen molar-refractivity contribution in [2.24, 2.45) is 5.92 Å². The Morgan fingerprint density at radius 3 is 2.48 bits per heavy atom. The number of amides is 1. The van der Waals surface area contributed by atoms with E-state index in [-0.39, 0.29) is 61.6 Å². The molecule has 2 aromatic carbocycles. The number of phenolic OH excluding ortho intramolecular Hbond substituents is 1. The first-order valence-corrected chi connectivity index (χ1v) is 9.56. The summed E-state index contributed by atoms with van der Waals surface area (Å²) in [7, 11) is 0. The molecule has 1 fully saturated rings. The minimum atomic E-state index is -0.922. The van der Waals surface area contributed by atoms with E-state index in [0.717, 1.165) is 12.8 Å². The maximum Gasteiger partial charge on any atom is 1.00 e. The van der Waals surface area contributed by atoms with Gasteiger partial charge in [-0.1, -0.05) is 18.2 Å². The summed E-state index contributed by atoms with van der Waals surface area (Å²) in [6.07, 6.45) is 2.75. The van der Waals surface area contributed by atoms with Crippen LogP contribution in [0.15, 0.2) is 48.5 Å². The first-order chi connectivity index (χ1) is 13.5. The molecule has 3 N–H and O–H groups in total. The second-order valence-electron chi connectivity index (χ2n) is 7.50. The molecule has 1 amide bonds. The third-order valence-corrected chi connectivity index (χ3v) is 5.31. The summed E-state index contributed by atoms with van der Waals surface area (Å²) in [6, 6.07) is 12.6. The summed E-state index contributed by atoms with van der Waals surface area (Å²) >= 11 is 0. The van der Waals surface area contributed by atoms with Gasteiger partial charge in [-0.05, 0) is 61.9 Å². The van der Waals surface area contributed by atoms with Gasteiger partial charge < -0.3 is 21.7 Å². The zero-order valence-corrected chi connectivity index (χ0v) is 18.7. The topological polar surface area (TPSA) is 78.8 Å². The van der Waals surface area contributed by atoms with E-state index in [0.29, 0.717) is 36.5 Å². The number of aliphatic hydroxyl groups is 1. The Balaban J connectivity index is 0.00000225. The Kier molecular flexibility index (Phi) is 9.11. The molecule has 29 heavy (non-hydrogen) atoms. The molecule has 1 aliphatic carbocycles. The minimum absolute atomic E-state index is 0. The van der Waals surface area contributed by atoms with E-state index in [9.17, 15) is 19.4 Å². The van der Waals surface area contributed by atoms with Crippen molar-refractivity contribution in [1.82, 2.24) is 5.32 Å². The molecule has 0 heterocycles. The molecule has 1 saturated carbocycles. The molecule has 0 aromatic heterocycles. The van der Waals surface area contributed by atoms with Crippen molar-refractivity contribution in [3.63, 3.8) is 0 Å². The quantitative estimate of drug-likeness (QED) is 0.581. The zero-order chi connectivity index (χ0) is 20.0. The standard InChI is InChI=1S/C22H26FNO4.Na.H/c23-20-4-2-1-3-18(20)14-28-13-16-9-11-22(27,12-10-16)15-24-21(26)17-5-7-19(25)8-6-17;;/h1-8,16,25,27H,9-15H2,(H,24,26);;/q;+1;-1. The average molecular weight is 411 g/mol. The van der Waals surface area contributed by atoms with E-state index in [1.54, 1.807) is 30.3 Å². The molecule has 3 rings (SSSR count). The maximum absolute atomic E-state index is 13.6. The van der Waals surface area contributed by atoms with Crippen molar-refractivity contribution >= 4 is 5.91 Å². The third kappa shape index (κ3) is 7.08. The molecule has 152 valence electrons. The van der Waals surface area contributed by atoms with Crippen LogP contribution in [0.25, 0.3) is 0 Å². The van der Waals surface area contributed by atoms with Crippen molar-refractivity contribution in [2.75, 3.05) is 13.2 Å². The molecule has 0 spiro atoms. The number of aromatic hydroxyl groups is 1. The van der Waals surface area contributed by atoms with Gasteiger partial charge in [0.25, 0.3) is 5.91 Å². The van der Waals surface area contributed by atoms with Gasteiger partial charge >= 0.3 is 29.6 Å². The summed E-state index contributed by atoms with van der Waals surface area (Å²) < 4.78 is 19.3. The first kappa shape index (κ1) is 23.8. The fourth-order valence-corrected chi connectivity index (χ4v) is 3.47. The van der Waals surface area contributed by atoms with Gasteiger partial charge in [-0.25, -0.2) is 4.39 Å². The summed E-state index contributed by atoms with van der Waals surface area (Å²) in [6.45, 7) is 0.968. The first-order valence-electron chi connectivity index (χ1n) is 9.56. The number of carbonyl (C=O) groups excluding carboxylic acids is 1. The number of rotatable bonds is 7. The van der Waals surface area contributed by atoms with E-state index in [1.807, 2.05) is 0 Å². The Bertz CT molecular complexity index is 798. The predicted octanol–water partition coefficient (Wildman–Crippen LogP) is 0.516. The van der Waals surface area contributed by atoms with Crippen LogP contribution in [0.1, 0.15) is 43.0 Å². The van der Waals surface area contributed by atoms with E-state index in [1.165, 1.54) is 18.2 Å². The van der Waals surface area contributed by atoms with Gasteiger partial charge in [0.2, 0.25) is 0 Å². The van der Waals surface area contributed by atoms with Gasteiger partial charge in [-0.2, -0.15) is 0 Å². The molecule has 1 aliphatic rings. The van der Waals surface area contributed by atoms with Crippen molar-refractivity contribution in [3.05, 3.63) is 65.5 Å². The molecule has 2 aromatic rings. The number of carbonyl (C=O) groups is 1. The predicted molar refractivity (Wildman–Crippen MR) is 105 cm³/mol. The van der Waals surface area contributed by atoms with Crippen LogP contribution in [0.3, 0.4) is 0 Å². The normalized spacial score (nSPS) is 21.2. The van der Waals surface area contributed by atoms with Crippen LogP contribution in [0.4, 0.5) is 4.39 Å². The smallest absolute Gasteiger partial charge is 1.00 e. The van der Waals surface area contributed by atoms with Crippen molar-refractivity contribution in [3.8, 4) is 5.75 Å². The van der Waals surface area contributed by atoms with Gasteiger partial charge in [0, 0.05) is 24.3 Å². The molecule has 5 nitrogen and oxygen atoms in total. The van der Waals surface area contributed by atoms with Crippen LogP contribution in [-0.2, 0) is 11.3 Å². The van der Waals surface area contributed by atoms with Crippen molar-refractivity contribution in [2.45, 2.75) is 37.9 Å². The minimum Gasteiger partial charge on any atom is -1.00 e. The van der Waals surface area contributed by atoms with Gasteiger partial charge in [0.1, 0.15) is 11.6 Å². The van der Waals surface area contributed by atoms with E-state index in [2.05, 4.69) is 5.32 Å². The molecule has 0 atom stereocenters. The molecule has 0 unspecified atom stereocenters. The van der Waals surface area contributed by atoms with Crippen LogP contribution in [-0.4, -0.2) is 34.9 Å². The number of halogens is 1. The van der Waals surface area contributed by atoms with Crippen molar-refractivity contribution < 1.29 is 55.1 Å². The van der Waals surface area contributed by atoms with Crippen LogP contribution in [0.5, 0.6) is 5.75 Å². The Hall–Kier alpha value is -1.44. The molecule has 0 bridgehead atoms. The summed E-state index contributed by atoms with van der Waals surface area (Å²) in [4.78, 5) is 12.2. The maximum atomic E-state index is 13.6. The number of ether oxygens (including phenoxy) is 1. The van der Waals surface area contributed by atoms with Gasteiger partial charge in [0.15, 0.2) is 0 Å². The molecule has 0 saturated heterocycles. The van der Waals surface area contributed by atoms with Crippen molar-refractivity contribution in [1.29, 1.82) is 0 Å². The van der Waals surface area contributed by atoms with E-state index < -0.39 is 5.60 Å². The molecule has 7 heteroatoms. The van der Waals surface area contributed by atoms with Crippen LogP contribution in [0.2, 0.25) is 0 Å². The zero-order valence-electron chi connectivity index (χ0n) is 17.7. The Morgan fingerprint density at radius 2 is 1.83 bits per heavy atom. The Morgan fingerprint density at radius 1 is 1.17 bits per heavy atom. The fourth-order valence-electron chi connectivity index (χ4n) is 3.47. The number of hydrogen-bond acceptors (Lipinski definition) is 4. The number of phenols is 1. The van der Waals surface area contributed by atoms with Gasteiger partial charge in [-0.3, -0.25) is 4.79 Å². The van der Waals surface area contributed by atoms with Crippen LogP contribution >= 0.6 is 0 Å². The Labute approximate surface area is 194 Å². The van der Waals surface area contributed by atoms with Crippen LogP contribution in [0, 0.1) is 11.7 Å². The van der Waals surface area contributed by atoms with E-state index >= 15 is 0 Å². The molecule has 0 radical (unpaired) electrons. The van der Waals surface area contributed by atoms with E-state index in [4.69, 9.17) is 4.74 Å². The monoisotopic (exact) mass is 411 g/mol. The summed E-state index contributed by atoms with van der Waals surface area (Å²) in [5.41, 5.74) is 0.0672. The van der Waals surface area contributed by atoms with Crippen LogP contribution < -0.4 is 34.9 Å². The fraction of sp³-hybridized carbons (Fsp3) is 0.409. The second-order valence-corrected chi connectivity index (χ2v) is 7.50. The summed E-state index contributed by atoms with van der Waals surface area (Å²) in [5.74, 6) is -0.112. The summed E-state index contributed by atoms with van der Waals surface area (Å²) in [5, 5.41) is 22.8. The second kappa shape index (κ2) is 11.1.